The molecule has 0 fully saturated rings. The molecule has 0 saturated carbocycles. The summed E-state index contributed by atoms with van der Waals surface area (Å²) in [7, 11) is 4.58. The molecule has 8 nitrogen and oxygen atoms in total. The first kappa shape index (κ1) is 21.6. The molecule has 1 heterocycles. The number of nitrogens with one attached hydrogen (secondary N) is 1. The van der Waals surface area contributed by atoms with Crippen LogP contribution in [0.4, 0.5) is 0 Å². The minimum absolute atomic E-state index is 0.169. The molecule has 0 spiro atoms. The highest BCUT2D eigenvalue weighted by Crippen LogP contribution is 2.42. The van der Waals surface area contributed by atoms with Crippen molar-refractivity contribution >= 4 is 5.91 Å². The van der Waals surface area contributed by atoms with Crippen molar-refractivity contribution in [3.05, 3.63) is 23.4 Å². The van der Waals surface area contributed by atoms with Gasteiger partial charge in [-0.3, -0.25) is 4.79 Å². The van der Waals surface area contributed by atoms with Gasteiger partial charge in [-0.15, -0.1) is 0 Å². The van der Waals surface area contributed by atoms with Crippen molar-refractivity contribution in [1.29, 1.82) is 0 Å². The van der Waals surface area contributed by atoms with Crippen LogP contribution in [-0.2, 0) is 4.74 Å². The molecule has 2 rings (SSSR count). The molecule has 0 bridgehead atoms. The lowest BCUT2D eigenvalue weighted by atomic mass is 10.0. The Morgan fingerprint density at radius 1 is 1.14 bits per heavy atom. The van der Waals surface area contributed by atoms with E-state index in [2.05, 4.69) is 10.5 Å². The van der Waals surface area contributed by atoms with Crippen LogP contribution in [0.15, 0.2) is 16.7 Å². The summed E-state index contributed by atoms with van der Waals surface area (Å²) >= 11 is 0. The number of hydrogen-bond acceptors (Lipinski definition) is 7. The third-order valence-electron chi connectivity index (χ3n) is 4.07. The van der Waals surface area contributed by atoms with Crippen LogP contribution in [0.3, 0.4) is 0 Å². The summed E-state index contributed by atoms with van der Waals surface area (Å²) < 4.78 is 27.0. The third kappa shape index (κ3) is 4.95. The second-order valence-electron chi connectivity index (χ2n) is 6.42. The number of aryl methyl sites for hydroxylation is 1. The molecule has 28 heavy (non-hydrogen) atoms. The highest BCUT2D eigenvalue weighted by Gasteiger charge is 2.24. The maximum atomic E-state index is 12.7. The Labute approximate surface area is 165 Å². The van der Waals surface area contributed by atoms with Crippen molar-refractivity contribution in [2.24, 2.45) is 0 Å². The first-order valence-corrected chi connectivity index (χ1v) is 9.09. The van der Waals surface area contributed by atoms with Crippen molar-refractivity contribution in [2.75, 3.05) is 34.5 Å². The van der Waals surface area contributed by atoms with Crippen LogP contribution in [-0.4, -0.2) is 51.6 Å². The van der Waals surface area contributed by atoms with Gasteiger partial charge in [0.05, 0.1) is 33.1 Å². The molecule has 0 atom stereocenters. The summed E-state index contributed by atoms with van der Waals surface area (Å²) in [5.74, 6) is 1.46. The summed E-state index contributed by atoms with van der Waals surface area (Å²) in [6.45, 7) is 6.75. The van der Waals surface area contributed by atoms with Gasteiger partial charge in [-0.2, -0.15) is 0 Å². The van der Waals surface area contributed by atoms with Gasteiger partial charge in [0.15, 0.2) is 17.3 Å². The zero-order valence-electron chi connectivity index (χ0n) is 17.3. The fourth-order valence-electron chi connectivity index (χ4n) is 2.73. The van der Waals surface area contributed by atoms with E-state index in [9.17, 15) is 4.79 Å². The monoisotopic (exact) mass is 392 g/mol. The predicted octanol–water partition coefficient (Wildman–Crippen LogP) is 3.22. The van der Waals surface area contributed by atoms with Crippen LogP contribution in [0.1, 0.15) is 36.3 Å². The zero-order chi connectivity index (χ0) is 20.7. The van der Waals surface area contributed by atoms with Gasteiger partial charge in [-0.25, -0.2) is 0 Å². The van der Waals surface area contributed by atoms with E-state index in [4.69, 9.17) is 23.5 Å². The van der Waals surface area contributed by atoms with Crippen LogP contribution in [0, 0.1) is 6.92 Å². The van der Waals surface area contributed by atoms with Crippen LogP contribution in [0.25, 0.3) is 11.3 Å². The van der Waals surface area contributed by atoms with E-state index in [1.807, 2.05) is 13.8 Å². The van der Waals surface area contributed by atoms with E-state index in [1.54, 1.807) is 19.1 Å². The van der Waals surface area contributed by atoms with Gasteiger partial charge in [0.25, 0.3) is 5.91 Å². The Kier molecular flexibility index (Phi) is 7.69. The second-order valence-corrected chi connectivity index (χ2v) is 6.42. The van der Waals surface area contributed by atoms with Crippen molar-refractivity contribution in [1.82, 2.24) is 10.5 Å². The van der Waals surface area contributed by atoms with E-state index >= 15 is 0 Å². The molecule has 154 valence electrons. The maximum Gasteiger partial charge on any atom is 0.257 e. The fraction of sp³-hybridized carbons (Fsp3) is 0.500. The summed E-state index contributed by atoms with van der Waals surface area (Å²) in [4.78, 5) is 12.7. The quantitative estimate of drug-likeness (QED) is 0.621. The molecule has 0 radical (unpaired) electrons. The Hall–Kier alpha value is -2.74. The van der Waals surface area contributed by atoms with Crippen molar-refractivity contribution in [2.45, 2.75) is 33.3 Å². The molecule has 0 aliphatic carbocycles. The number of hydrogen-bond donors (Lipinski definition) is 1. The summed E-state index contributed by atoms with van der Waals surface area (Å²) in [5.41, 5.74) is 1.47. The Morgan fingerprint density at radius 2 is 1.79 bits per heavy atom. The molecule has 0 unspecified atom stereocenters. The summed E-state index contributed by atoms with van der Waals surface area (Å²) in [6.07, 6.45) is 0.885. The topological polar surface area (TPSA) is 92.1 Å². The number of ether oxygens (including phenoxy) is 4. The van der Waals surface area contributed by atoms with Gasteiger partial charge in [0.1, 0.15) is 5.56 Å². The molecule has 1 amide bonds. The van der Waals surface area contributed by atoms with E-state index in [-0.39, 0.29) is 12.0 Å². The molecular weight excluding hydrogens is 364 g/mol. The molecule has 2 aromatic rings. The van der Waals surface area contributed by atoms with E-state index in [1.165, 1.54) is 21.3 Å². The zero-order valence-corrected chi connectivity index (χ0v) is 17.3. The Morgan fingerprint density at radius 3 is 2.32 bits per heavy atom. The van der Waals surface area contributed by atoms with Crippen LogP contribution < -0.4 is 19.5 Å². The molecule has 1 aromatic heterocycles. The number of aromatic nitrogens is 1. The van der Waals surface area contributed by atoms with Crippen molar-refractivity contribution in [3.63, 3.8) is 0 Å². The van der Waals surface area contributed by atoms with Crippen LogP contribution >= 0.6 is 0 Å². The molecule has 1 aromatic carbocycles. The number of carbonyl (C=O) groups is 1. The molecule has 0 aliphatic rings. The lowest BCUT2D eigenvalue weighted by Crippen LogP contribution is -2.26. The SMILES string of the molecule is COc1cc(-c2onc(C)c2C(=O)NCCCOC(C)C)cc(OC)c1OC. The molecule has 0 aliphatic heterocycles. The average Bonchev–Trinajstić information content (AvgIpc) is 3.07. The minimum atomic E-state index is -0.257. The van der Waals surface area contributed by atoms with Gasteiger partial charge in [-0.1, -0.05) is 5.16 Å². The average molecular weight is 392 g/mol. The number of benzene rings is 1. The second kappa shape index (κ2) is 9.98. The van der Waals surface area contributed by atoms with Gasteiger partial charge in [0, 0.05) is 18.7 Å². The Bertz CT molecular complexity index is 775. The van der Waals surface area contributed by atoms with Gasteiger partial charge < -0.3 is 28.8 Å². The fourth-order valence-corrected chi connectivity index (χ4v) is 2.73. The van der Waals surface area contributed by atoms with E-state index in [0.717, 1.165) is 0 Å². The minimum Gasteiger partial charge on any atom is -0.493 e. The Balaban J connectivity index is 2.26. The van der Waals surface area contributed by atoms with Gasteiger partial charge in [0.2, 0.25) is 5.75 Å². The number of methoxy groups -OCH3 is 3. The summed E-state index contributed by atoms with van der Waals surface area (Å²) in [5, 5.41) is 6.85. The highest BCUT2D eigenvalue weighted by molar-refractivity contribution is 6.00. The molecule has 1 N–H and O–H groups in total. The normalized spacial score (nSPS) is 10.8. The highest BCUT2D eigenvalue weighted by atomic mass is 16.5. The lowest BCUT2D eigenvalue weighted by molar-refractivity contribution is 0.0757. The first-order chi connectivity index (χ1) is 13.4. The number of nitrogens with zero attached hydrogens (tertiary/aromatic N) is 1. The van der Waals surface area contributed by atoms with E-state index in [0.29, 0.717) is 59.4 Å². The molecule has 0 saturated heterocycles. The number of amides is 1. The van der Waals surface area contributed by atoms with Crippen LogP contribution in [0.5, 0.6) is 17.2 Å². The molecular formula is C20H28N2O6. The smallest absolute Gasteiger partial charge is 0.257 e. The third-order valence-corrected chi connectivity index (χ3v) is 4.07. The lowest BCUT2D eigenvalue weighted by Gasteiger charge is -2.13. The predicted molar refractivity (Wildman–Crippen MR) is 104 cm³/mol. The maximum absolute atomic E-state index is 12.7. The van der Waals surface area contributed by atoms with Crippen molar-refractivity contribution < 1.29 is 28.3 Å². The van der Waals surface area contributed by atoms with Crippen LogP contribution in [0.2, 0.25) is 0 Å². The van der Waals surface area contributed by atoms with E-state index < -0.39 is 0 Å². The summed E-state index contributed by atoms with van der Waals surface area (Å²) in [6, 6.07) is 3.43. The largest absolute Gasteiger partial charge is 0.493 e. The number of carbonyl (C=O) groups excluding carboxylic acids is 1. The van der Waals surface area contributed by atoms with Crippen molar-refractivity contribution in [3.8, 4) is 28.6 Å². The standard InChI is InChI=1S/C20H28N2O6/c1-12(2)27-9-7-8-21-20(23)17-13(3)22-28-18(17)14-10-15(24-4)19(26-6)16(11-14)25-5/h10-12H,7-9H2,1-6H3,(H,21,23). The first-order valence-electron chi connectivity index (χ1n) is 9.09. The number of rotatable bonds is 10. The van der Waals surface area contributed by atoms with Gasteiger partial charge >= 0.3 is 0 Å². The van der Waals surface area contributed by atoms with Gasteiger partial charge in [-0.05, 0) is 39.3 Å². The molecule has 8 heteroatoms.